The Labute approximate surface area is 194 Å². The minimum atomic E-state index is -0.240. The molecule has 0 bridgehead atoms. The van der Waals surface area contributed by atoms with Crippen LogP contribution >= 0.6 is 24.0 Å². The first-order chi connectivity index (χ1) is 14.1. The fourth-order valence-electron chi connectivity index (χ4n) is 3.22. The van der Waals surface area contributed by atoms with Gasteiger partial charge in [0, 0.05) is 33.2 Å². The number of rotatable bonds is 7. The monoisotopic (exact) mass is 526 g/mol. The van der Waals surface area contributed by atoms with E-state index in [4.69, 9.17) is 4.74 Å². The number of hydrogen-bond acceptors (Lipinski definition) is 3. The normalized spacial score (nSPS) is 13.2. The van der Waals surface area contributed by atoms with Crippen molar-refractivity contribution in [1.29, 1.82) is 0 Å². The molecule has 162 valence electrons. The topological polar surface area (TPSA) is 57.2 Å². The molecule has 30 heavy (non-hydrogen) atoms. The lowest BCUT2D eigenvalue weighted by atomic mass is 10.2. The van der Waals surface area contributed by atoms with Gasteiger partial charge in [-0.15, -0.1) is 24.0 Å². The van der Waals surface area contributed by atoms with Crippen molar-refractivity contribution >= 4 is 41.5 Å². The van der Waals surface area contributed by atoms with Crippen molar-refractivity contribution in [1.82, 2.24) is 10.2 Å². The van der Waals surface area contributed by atoms with Crippen LogP contribution in [0.25, 0.3) is 0 Å². The van der Waals surface area contributed by atoms with E-state index in [0.29, 0.717) is 19.6 Å². The van der Waals surface area contributed by atoms with Gasteiger partial charge >= 0.3 is 0 Å². The number of halogens is 2. The van der Waals surface area contributed by atoms with Crippen LogP contribution in [0.2, 0.25) is 0 Å². The second-order valence-corrected chi connectivity index (χ2v) is 6.87. The largest absolute Gasteiger partial charge is 0.482 e. The van der Waals surface area contributed by atoms with Crippen molar-refractivity contribution in [2.24, 2.45) is 4.99 Å². The van der Waals surface area contributed by atoms with Crippen LogP contribution in [-0.4, -0.2) is 50.1 Å². The lowest BCUT2D eigenvalue weighted by molar-refractivity contribution is -0.121. The predicted molar refractivity (Wildman–Crippen MR) is 128 cm³/mol. The van der Waals surface area contributed by atoms with E-state index in [9.17, 15) is 9.18 Å². The molecule has 2 aromatic rings. The van der Waals surface area contributed by atoms with Gasteiger partial charge in [0.15, 0.2) is 12.6 Å². The lowest BCUT2D eigenvalue weighted by Gasteiger charge is -2.29. The van der Waals surface area contributed by atoms with Crippen LogP contribution in [0.5, 0.6) is 5.75 Å². The first kappa shape index (κ1) is 23.9. The maximum atomic E-state index is 13.1. The van der Waals surface area contributed by atoms with Crippen LogP contribution in [0, 0.1) is 5.82 Å². The van der Waals surface area contributed by atoms with Gasteiger partial charge < -0.3 is 19.9 Å². The number of benzene rings is 2. The van der Waals surface area contributed by atoms with Gasteiger partial charge in [-0.05, 0) is 43.2 Å². The van der Waals surface area contributed by atoms with Crippen molar-refractivity contribution in [2.45, 2.75) is 19.9 Å². The molecule has 1 aliphatic rings. The molecular weight excluding hydrogens is 498 g/mol. The fraction of sp³-hybridized carbons (Fsp3) is 0.364. The van der Waals surface area contributed by atoms with Gasteiger partial charge in [0.05, 0.1) is 5.69 Å². The molecule has 0 unspecified atom stereocenters. The summed E-state index contributed by atoms with van der Waals surface area (Å²) >= 11 is 0. The third-order valence-corrected chi connectivity index (χ3v) is 4.64. The molecule has 8 heteroatoms. The number of nitrogens with one attached hydrogen (secondary N) is 1. The van der Waals surface area contributed by atoms with E-state index in [0.717, 1.165) is 35.9 Å². The number of carbonyl (C=O) groups is 1. The standard InChI is InChI=1S/C22H27FN4O2.HI/c1-3-24-22(26(2)15-17-9-11-18(23)12-10-17)25-13-6-14-27-19-7-4-5-8-20(19)29-16-21(27)28;/h4-5,7-12H,3,6,13-16H2,1-2H3,(H,24,25);1H. The summed E-state index contributed by atoms with van der Waals surface area (Å²) in [5.74, 6) is 1.25. The highest BCUT2D eigenvalue weighted by Gasteiger charge is 2.24. The summed E-state index contributed by atoms with van der Waals surface area (Å²) in [5.41, 5.74) is 1.82. The van der Waals surface area contributed by atoms with E-state index in [2.05, 4.69) is 10.3 Å². The lowest BCUT2D eigenvalue weighted by Crippen LogP contribution is -2.40. The van der Waals surface area contributed by atoms with E-state index in [1.54, 1.807) is 17.0 Å². The van der Waals surface area contributed by atoms with Crippen molar-refractivity contribution < 1.29 is 13.9 Å². The Kier molecular flexibility index (Phi) is 9.35. The molecule has 0 aromatic heterocycles. The predicted octanol–water partition coefficient (Wildman–Crippen LogP) is 3.66. The maximum Gasteiger partial charge on any atom is 0.265 e. The summed E-state index contributed by atoms with van der Waals surface area (Å²) in [4.78, 5) is 20.7. The first-order valence-electron chi connectivity index (χ1n) is 9.84. The van der Waals surface area contributed by atoms with Gasteiger partial charge in [-0.3, -0.25) is 9.79 Å². The van der Waals surface area contributed by atoms with Crippen LogP contribution in [0.3, 0.4) is 0 Å². The highest BCUT2D eigenvalue weighted by molar-refractivity contribution is 14.0. The molecule has 6 nitrogen and oxygen atoms in total. The third kappa shape index (κ3) is 6.32. The molecule has 0 aliphatic carbocycles. The smallest absolute Gasteiger partial charge is 0.265 e. The molecule has 0 saturated heterocycles. The highest BCUT2D eigenvalue weighted by atomic mass is 127. The number of aliphatic imine (C=N–C) groups is 1. The van der Waals surface area contributed by atoms with Crippen molar-refractivity contribution in [3.63, 3.8) is 0 Å². The van der Waals surface area contributed by atoms with Gasteiger partial charge in [0.2, 0.25) is 0 Å². The number of hydrogen-bond donors (Lipinski definition) is 1. The number of para-hydroxylation sites is 2. The molecule has 1 N–H and O–H groups in total. The Hall–Kier alpha value is -2.36. The molecule has 1 amide bonds. The van der Waals surface area contributed by atoms with Crippen molar-refractivity contribution in [2.75, 3.05) is 38.2 Å². The average Bonchev–Trinajstić information content (AvgIpc) is 2.73. The number of guanidine groups is 1. The quantitative estimate of drug-likeness (QED) is 0.259. The summed E-state index contributed by atoms with van der Waals surface area (Å²) in [6.07, 6.45) is 0.735. The Morgan fingerprint density at radius 3 is 2.70 bits per heavy atom. The van der Waals surface area contributed by atoms with Crippen LogP contribution in [-0.2, 0) is 11.3 Å². The molecule has 0 fully saturated rings. The highest BCUT2D eigenvalue weighted by Crippen LogP contribution is 2.31. The van der Waals surface area contributed by atoms with Gasteiger partial charge in [-0.25, -0.2) is 4.39 Å². The first-order valence-corrected chi connectivity index (χ1v) is 9.84. The maximum absolute atomic E-state index is 13.1. The minimum Gasteiger partial charge on any atom is -0.482 e. The van der Waals surface area contributed by atoms with Crippen LogP contribution in [0.4, 0.5) is 10.1 Å². The molecule has 0 radical (unpaired) electrons. The van der Waals surface area contributed by atoms with Gasteiger partial charge in [0.1, 0.15) is 11.6 Å². The number of anilines is 1. The SMILES string of the molecule is CCNC(=NCCCN1C(=O)COc2ccccc21)N(C)Cc1ccc(F)cc1.I. The number of fused-ring (bicyclic) bond motifs is 1. The second-order valence-electron chi connectivity index (χ2n) is 6.87. The number of amides is 1. The minimum absolute atomic E-state index is 0. The average molecular weight is 526 g/mol. The van der Waals surface area contributed by atoms with Gasteiger partial charge in [-0.1, -0.05) is 24.3 Å². The van der Waals surface area contributed by atoms with E-state index in [-0.39, 0.29) is 42.3 Å². The van der Waals surface area contributed by atoms with Gasteiger partial charge in [-0.2, -0.15) is 0 Å². The van der Waals surface area contributed by atoms with Gasteiger partial charge in [0.25, 0.3) is 5.91 Å². The molecule has 1 heterocycles. The summed E-state index contributed by atoms with van der Waals surface area (Å²) in [6.45, 7) is 4.64. The Balaban J connectivity index is 0.00000320. The Morgan fingerprint density at radius 2 is 1.97 bits per heavy atom. The Bertz CT molecular complexity index is 860. The van der Waals surface area contributed by atoms with Crippen molar-refractivity contribution in [3.8, 4) is 5.75 Å². The molecule has 2 aromatic carbocycles. The summed E-state index contributed by atoms with van der Waals surface area (Å²) < 4.78 is 18.6. The van der Waals surface area contributed by atoms with Crippen LogP contribution in [0.15, 0.2) is 53.5 Å². The third-order valence-electron chi connectivity index (χ3n) is 4.64. The zero-order valence-corrected chi connectivity index (χ0v) is 19.6. The van der Waals surface area contributed by atoms with E-state index in [1.165, 1.54) is 12.1 Å². The fourth-order valence-corrected chi connectivity index (χ4v) is 3.22. The van der Waals surface area contributed by atoms with E-state index >= 15 is 0 Å². The molecule has 0 saturated carbocycles. The van der Waals surface area contributed by atoms with Crippen LogP contribution in [0.1, 0.15) is 18.9 Å². The summed E-state index contributed by atoms with van der Waals surface area (Å²) in [6, 6.07) is 14.1. The molecule has 0 atom stereocenters. The molecular formula is C22H28FIN4O2. The van der Waals surface area contributed by atoms with E-state index < -0.39 is 0 Å². The van der Waals surface area contributed by atoms with Crippen LogP contribution < -0.4 is 15.0 Å². The number of nitrogens with zero attached hydrogens (tertiary/aromatic N) is 3. The summed E-state index contributed by atoms with van der Waals surface area (Å²) in [7, 11) is 1.95. The number of ether oxygens (including phenoxy) is 1. The number of carbonyl (C=O) groups excluding carboxylic acids is 1. The summed E-state index contributed by atoms with van der Waals surface area (Å²) in [5, 5.41) is 3.28. The molecule has 3 rings (SSSR count). The molecule has 1 aliphatic heterocycles. The zero-order valence-electron chi connectivity index (χ0n) is 17.3. The Morgan fingerprint density at radius 1 is 1.23 bits per heavy atom. The van der Waals surface area contributed by atoms with Crippen molar-refractivity contribution in [3.05, 3.63) is 59.9 Å². The molecule has 0 spiro atoms. The second kappa shape index (κ2) is 11.7. The zero-order chi connectivity index (χ0) is 20.6. The van der Waals surface area contributed by atoms with E-state index in [1.807, 2.05) is 43.1 Å².